The Morgan fingerprint density at radius 1 is 1.04 bits per heavy atom. The number of sulfonamides is 1. The largest absolute Gasteiger partial charge is 0.484 e. The van der Waals surface area contributed by atoms with Crippen LogP contribution in [0.2, 0.25) is 0 Å². The fourth-order valence-electron chi connectivity index (χ4n) is 2.14. The molecule has 7 nitrogen and oxygen atoms in total. The van der Waals surface area contributed by atoms with Gasteiger partial charge in [0, 0.05) is 18.5 Å². The summed E-state index contributed by atoms with van der Waals surface area (Å²) in [7, 11) is -3.73. The number of Topliss-reactive ketones (excluding diaryl/α,β-unsaturated/α-hetero) is 1. The number of carbonyl (C=O) groups excluding carboxylic acids is 2. The Morgan fingerprint density at radius 3 is 2.19 bits per heavy atom. The Bertz CT molecular complexity index is 875. The maximum atomic E-state index is 11.8. The lowest BCUT2D eigenvalue weighted by Gasteiger charge is -2.08. The Kier molecular flexibility index (Phi) is 6.48. The molecule has 26 heavy (non-hydrogen) atoms. The first-order valence-corrected chi connectivity index (χ1v) is 9.48. The highest BCUT2D eigenvalue weighted by Crippen LogP contribution is 2.13. The van der Waals surface area contributed by atoms with Crippen LogP contribution < -0.4 is 15.2 Å². The van der Waals surface area contributed by atoms with E-state index in [1.54, 1.807) is 43.3 Å². The first-order chi connectivity index (χ1) is 12.3. The lowest BCUT2D eigenvalue weighted by atomic mass is 10.1. The molecule has 0 aliphatic heterocycles. The molecular formula is C18H20N2O5S. The predicted octanol–water partition coefficient (Wildman–Crippen LogP) is 1.62. The van der Waals surface area contributed by atoms with E-state index in [0.717, 1.165) is 5.56 Å². The fourth-order valence-corrected chi connectivity index (χ4v) is 2.65. The number of hydrogen-bond acceptors (Lipinski definition) is 5. The Labute approximate surface area is 152 Å². The summed E-state index contributed by atoms with van der Waals surface area (Å²) in [4.78, 5) is 23.4. The van der Waals surface area contributed by atoms with Gasteiger partial charge < -0.3 is 10.1 Å². The number of nitrogens with one attached hydrogen (secondary N) is 1. The van der Waals surface area contributed by atoms with Gasteiger partial charge in [-0.05, 0) is 42.0 Å². The summed E-state index contributed by atoms with van der Waals surface area (Å²) in [6.07, 6.45) is 0.431. The van der Waals surface area contributed by atoms with Crippen LogP contribution in [-0.2, 0) is 21.4 Å². The van der Waals surface area contributed by atoms with Crippen molar-refractivity contribution in [2.75, 3.05) is 6.61 Å². The molecule has 0 aliphatic rings. The SMILES string of the molecule is CCC(=O)c1ccc(OCC(=O)NCc2ccc(S(N)(=O)=O)cc2)cc1. The molecule has 0 spiro atoms. The second kappa shape index (κ2) is 8.59. The standard InChI is InChI=1S/C18H20N2O5S/c1-2-17(21)14-5-7-15(8-6-14)25-12-18(22)20-11-13-3-9-16(10-4-13)26(19,23)24/h3-10H,2,11-12H2,1H3,(H,20,22)(H2,19,23,24). The van der Waals surface area contributed by atoms with E-state index >= 15 is 0 Å². The molecule has 3 N–H and O–H groups in total. The van der Waals surface area contributed by atoms with Crippen LogP contribution in [0.1, 0.15) is 29.3 Å². The maximum Gasteiger partial charge on any atom is 0.258 e. The molecule has 2 aromatic carbocycles. The van der Waals surface area contributed by atoms with E-state index in [1.165, 1.54) is 12.1 Å². The van der Waals surface area contributed by atoms with E-state index in [2.05, 4.69) is 5.32 Å². The van der Waals surface area contributed by atoms with Crippen molar-refractivity contribution in [2.45, 2.75) is 24.8 Å². The lowest BCUT2D eigenvalue weighted by molar-refractivity contribution is -0.123. The van der Waals surface area contributed by atoms with Crippen molar-refractivity contribution < 1.29 is 22.7 Å². The molecule has 0 saturated carbocycles. The molecule has 2 aromatic rings. The monoisotopic (exact) mass is 376 g/mol. The third-order valence-electron chi connectivity index (χ3n) is 3.61. The second-order valence-electron chi connectivity index (χ2n) is 5.56. The second-order valence-corrected chi connectivity index (χ2v) is 7.12. The molecule has 2 rings (SSSR count). The first kappa shape index (κ1) is 19.6. The lowest BCUT2D eigenvalue weighted by Crippen LogP contribution is -2.28. The summed E-state index contributed by atoms with van der Waals surface area (Å²) in [5.41, 5.74) is 1.33. The van der Waals surface area contributed by atoms with Gasteiger partial charge >= 0.3 is 0 Å². The number of carbonyl (C=O) groups is 2. The minimum Gasteiger partial charge on any atom is -0.484 e. The van der Waals surface area contributed by atoms with Gasteiger partial charge in [-0.15, -0.1) is 0 Å². The van der Waals surface area contributed by atoms with Gasteiger partial charge in [0.25, 0.3) is 5.91 Å². The molecule has 0 saturated heterocycles. The Balaban J connectivity index is 1.81. The van der Waals surface area contributed by atoms with Crippen LogP contribution in [0.15, 0.2) is 53.4 Å². The molecule has 0 heterocycles. The first-order valence-electron chi connectivity index (χ1n) is 7.94. The van der Waals surface area contributed by atoms with E-state index < -0.39 is 10.0 Å². The van der Waals surface area contributed by atoms with Crippen LogP contribution in [-0.4, -0.2) is 26.7 Å². The summed E-state index contributed by atoms with van der Waals surface area (Å²) in [5.74, 6) is 0.210. The molecule has 138 valence electrons. The van der Waals surface area contributed by atoms with Gasteiger partial charge in [-0.2, -0.15) is 0 Å². The number of amides is 1. The zero-order valence-electron chi connectivity index (χ0n) is 14.3. The van der Waals surface area contributed by atoms with Crippen LogP contribution in [0, 0.1) is 0 Å². The number of ketones is 1. The van der Waals surface area contributed by atoms with Crippen LogP contribution >= 0.6 is 0 Å². The predicted molar refractivity (Wildman–Crippen MR) is 96.2 cm³/mol. The van der Waals surface area contributed by atoms with Crippen molar-refractivity contribution in [2.24, 2.45) is 5.14 Å². The van der Waals surface area contributed by atoms with Gasteiger partial charge in [-0.3, -0.25) is 9.59 Å². The number of benzene rings is 2. The minimum absolute atomic E-state index is 0.0147. The molecule has 0 aliphatic carbocycles. The van der Waals surface area contributed by atoms with E-state index in [0.29, 0.717) is 17.7 Å². The third kappa shape index (κ3) is 5.68. The number of primary sulfonamides is 1. The van der Waals surface area contributed by atoms with Gasteiger partial charge in [0.2, 0.25) is 10.0 Å². The number of nitrogens with two attached hydrogens (primary N) is 1. The van der Waals surface area contributed by atoms with Gasteiger partial charge in [-0.1, -0.05) is 19.1 Å². The highest BCUT2D eigenvalue weighted by molar-refractivity contribution is 7.89. The van der Waals surface area contributed by atoms with Crippen LogP contribution in [0.3, 0.4) is 0 Å². The van der Waals surface area contributed by atoms with Crippen LogP contribution in [0.25, 0.3) is 0 Å². The van der Waals surface area contributed by atoms with Crippen molar-refractivity contribution >= 4 is 21.7 Å². The average Bonchev–Trinajstić information content (AvgIpc) is 2.64. The highest BCUT2D eigenvalue weighted by Gasteiger charge is 2.08. The van der Waals surface area contributed by atoms with Gasteiger partial charge in [0.15, 0.2) is 12.4 Å². The third-order valence-corrected chi connectivity index (χ3v) is 4.54. The minimum atomic E-state index is -3.73. The molecule has 0 unspecified atom stereocenters. The number of hydrogen-bond donors (Lipinski definition) is 2. The summed E-state index contributed by atoms with van der Waals surface area (Å²) in [5, 5.41) is 7.69. The summed E-state index contributed by atoms with van der Waals surface area (Å²) in [6.45, 7) is 1.85. The Morgan fingerprint density at radius 2 is 1.65 bits per heavy atom. The summed E-state index contributed by atoms with van der Waals surface area (Å²) in [6, 6.07) is 12.5. The van der Waals surface area contributed by atoms with Crippen LogP contribution in [0.5, 0.6) is 5.75 Å². The smallest absolute Gasteiger partial charge is 0.258 e. The molecule has 0 aromatic heterocycles. The Hall–Kier alpha value is -2.71. The van der Waals surface area contributed by atoms with Gasteiger partial charge in [0.05, 0.1) is 4.90 Å². The highest BCUT2D eigenvalue weighted by atomic mass is 32.2. The fraction of sp³-hybridized carbons (Fsp3) is 0.222. The average molecular weight is 376 g/mol. The molecule has 0 radical (unpaired) electrons. The van der Waals surface area contributed by atoms with Crippen molar-refractivity contribution in [3.8, 4) is 5.75 Å². The zero-order chi connectivity index (χ0) is 19.2. The topological polar surface area (TPSA) is 116 Å². The van der Waals surface area contributed by atoms with Crippen molar-refractivity contribution in [1.82, 2.24) is 5.32 Å². The van der Waals surface area contributed by atoms with Gasteiger partial charge in [0.1, 0.15) is 5.75 Å². The maximum absolute atomic E-state index is 11.8. The molecule has 0 atom stereocenters. The van der Waals surface area contributed by atoms with Crippen molar-refractivity contribution in [3.63, 3.8) is 0 Å². The van der Waals surface area contributed by atoms with Crippen LogP contribution in [0.4, 0.5) is 0 Å². The molecule has 0 fully saturated rings. The molecule has 0 bridgehead atoms. The number of ether oxygens (including phenoxy) is 1. The van der Waals surface area contributed by atoms with E-state index in [9.17, 15) is 18.0 Å². The van der Waals surface area contributed by atoms with E-state index in [1.807, 2.05) is 0 Å². The molecule has 1 amide bonds. The van der Waals surface area contributed by atoms with E-state index in [-0.39, 0.29) is 29.7 Å². The quantitative estimate of drug-likeness (QED) is 0.679. The van der Waals surface area contributed by atoms with Crippen molar-refractivity contribution in [1.29, 1.82) is 0 Å². The molecule has 8 heteroatoms. The summed E-state index contributed by atoms with van der Waals surface area (Å²) < 4.78 is 27.7. The van der Waals surface area contributed by atoms with E-state index in [4.69, 9.17) is 9.88 Å². The zero-order valence-corrected chi connectivity index (χ0v) is 15.1. The number of rotatable bonds is 8. The van der Waals surface area contributed by atoms with Gasteiger partial charge in [-0.25, -0.2) is 13.6 Å². The molecular weight excluding hydrogens is 356 g/mol. The normalized spacial score (nSPS) is 11.0. The summed E-state index contributed by atoms with van der Waals surface area (Å²) >= 11 is 0. The van der Waals surface area contributed by atoms with Crippen molar-refractivity contribution in [3.05, 3.63) is 59.7 Å².